The summed E-state index contributed by atoms with van der Waals surface area (Å²) in [5.74, 6) is 0. The number of rotatable bonds is 1. The predicted molar refractivity (Wildman–Crippen MR) is 62.9 cm³/mol. The topological polar surface area (TPSA) is 80.4 Å². The molecule has 2 aromatic carbocycles. The van der Waals surface area contributed by atoms with Crippen LogP contribution in [0.3, 0.4) is 0 Å². The molecule has 0 saturated heterocycles. The number of aryl methyl sites for hydroxylation is 1. The van der Waals surface area contributed by atoms with Crippen LogP contribution >= 0.6 is 0 Å². The Morgan fingerprint density at radius 3 is 2.44 bits per heavy atom. The van der Waals surface area contributed by atoms with E-state index < -0.39 is 10.1 Å². The molecule has 0 bridgehead atoms. The number of hydrogen-bond donors (Lipinski definition) is 2. The summed E-state index contributed by atoms with van der Waals surface area (Å²) in [5.41, 5.74) is 7.27. The monoisotopic (exact) mass is 237 g/mol. The molecular weight excluding hydrogens is 226 g/mol. The van der Waals surface area contributed by atoms with Gasteiger partial charge in [0.05, 0.1) is 4.90 Å². The zero-order valence-corrected chi connectivity index (χ0v) is 9.45. The Morgan fingerprint density at radius 1 is 1.12 bits per heavy atom. The first-order chi connectivity index (χ1) is 7.39. The summed E-state index contributed by atoms with van der Waals surface area (Å²) in [5, 5.41) is 1.52. The highest BCUT2D eigenvalue weighted by atomic mass is 32.2. The minimum atomic E-state index is -4.16. The summed E-state index contributed by atoms with van der Waals surface area (Å²) in [4.78, 5) is -0.117. The van der Waals surface area contributed by atoms with Gasteiger partial charge in [-0.1, -0.05) is 12.1 Å². The maximum atomic E-state index is 11.0. The minimum absolute atomic E-state index is 0.117. The highest BCUT2D eigenvalue weighted by molar-refractivity contribution is 7.85. The lowest BCUT2D eigenvalue weighted by Crippen LogP contribution is -1.98. The van der Waals surface area contributed by atoms with Gasteiger partial charge in [-0.3, -0.25) is 4.55 Å². The summed E-state index contributed by atoms with van der Waals surface area (Å²) in [6.45, 7) is 1.86. The zero-order valence-electron chi connectivity index (χ0n) is 8.64. The smallest absolute Gasteiger partial charge is 0.294 e. The second-order valence-corrected chi connectivity index (χ2v) is 5.08. The van der Waals surface area contributed by atoms with Crippen molar-refractivity contribution in [1.29, 1.82) is 0 Å². The summed E-state index contributed by atoms with van der Waals surface area (Å²) in [6, 6.07) is 7.95. The Morgan fingerprint density at radius 2 is 1.81 bits per heavy atom. The molecular formula is C11H11NO3S. The van der Waals surface area contributed by atoms with E-state index in [2.05, 4.69) is 0 Å². The van der Waals surface area contributed by atoms with E-state index in [0.717, 1.165) is 16.3 Å². The van der Waals surface area contributed by atoms with Crippen LogP contribution in [-0.4, -0.2) is 13.0 Å². The van der Waals surface area contributed by atoms with Crippen LogP contribution < -0.4 is 5.73 Å². The Hall–Kier alpha value is -1.59. The van der Waals surface area contributed by atoms with Gasteiger partial charge in [-0.2, -0.15) is 8.42 Å². The lowest BCUT2D eigenvalue weighted by Gasteiger charge is -2.06. The van der Waals surface area contributed by atoms with Crippen LogP contribution in [0.15, 0.2) is 35.2 Å². The SMILES string of the molecule is Cc1ccc(N)c2ccc(S(=O)(=O)O)cc12. The van der Waals surface area contributed by atoms with Gasteiger partial charge < -0.3 is 5.73 Å². The van der Waals surface area contributed by atoms with Crippen LogP contribution in [0.2, 0.25) is 0 Å². The molecule has 0 heterocycles. The number of anilines is 1. The Kier molecular flexibility index (Phi) is 2.36. The molecule has 4 nitrogen and oxygen atoms in total. The molecule has 2 rings (SSSR count). The molecule has 0 aliphatic rings. The molecule has 0 unspecified atom stereocenters. The van der Waals surface area contributed by atoms with Crippen molar-refractivity contribution in [3.8, 4) is 0 Å². The van der Waals surface area contributed by atoms with Crippen LogP contribution in [0.5, 0.6) is 0 Å². The molecule has 84 valence electrons. The predicted octanol–water partition coefficient (Wildman–Crippen LogP) is 1.98. The van der Waals surface area contributed by atoms with Crippen molar-refractivity contribution in [3.63, 3.8) is 0 Å². The van der Waals surface area contributed by atoms with Gasteiger partial charge in [0.2, 0.25) is 0 Å². The standard InChI is InChI=1S/C11H11NO3S/c1-7-2-5-11(12)9-4-3-8(6-10(7)9)16(13,14)15/h2-6H,12H2,1H3,(H,13,14,15). The Bertz CT molecular complexity index is 662. The molecule has 0 aliphatic carbocycles. The first-order valence-electron chi connectivity index (χ1n) is 4.66. The summed E-state index contributed by atoms with van der Waals surface area (Å²) in [6.07, 6.45) is 0. The maximum absolute atomic E-state index is 11.0. The number of fused-ring (bicyclic) bond motifs is 1. The van der Waals surface area contributed by atoms with Crippen LogP contribution in [-0.2, 0) is 10.1 Å². The van der Waals surface area contributed by atoms with E-state index in [1.807, 2.05) is 13.0 Å². The van der Waals surface area contributed by atoms with Crippen LogP contribution in [0.25, 0.3) is 10.8 Å². The molecule has 5 heteroatoms. The van der Waals surface area contributed by atoms with E-state index in [1.165, 1.54) is 12.1 Å². The molecule has 0 aromatic heterocycles. The summed E-state index contributed by atoms with van der Waals surface area (Å²) in [7, 11) is -4.16. The van der Waals surface area contributed by atoms with Crippen molar-refractivity contribution < 1.29 is 13.0 Å². The molecule has 3 N–H and O–H groups in total. The third-order valence-corrected chi connectivity index (χ3v) is 3.39. The molecule has 0 atom stereocenters. The Balaban J connectivity index is 2.86. The summed E-state index contributed by atoms with van der Waals surface area (Å²) >= 11 is 0. The Labute approximate surface area is 93.4 Å². The van der Waals surface area contributed by atoms with Gasteiger partial charge in [-0.25, -0.2) is 0 Å². The fraction of sp³-hybridized carbons (Fsp3) is 0.0909. The summed E-state index contributed by atoms with van der Waals surface area (Å²) < 4.78 is 30.9. The average Bonchev–Trinajstić information content (AvgIpc) is 2.22. The number of benzene rings is 2. The normalized spacial score (nSPS) is 11.9. The van der Waals surface area contributed by atoms with Gasteiger partial charge in [-0.05, 0) is 36.1 Å². The van der Waals surface area contributed by atoms with Crippen LogP contribution in [0, 0.1) is 6.92 Å². The van der Waals surface area contributed by atoms with Gasteiger partial charge >= 0.3 is 0 Å². The molecule has 0 spiro atoms. The van der Waals surface area contributed by atoms with Gasteiger partial charge in [0, 0.05) is 11.1 Å². The molecule has 0 saturated carbocycles. The number of hydrogen-bond acceptors (Lipinski definition) is 3. The van der Waals surface area contributed by atoms with E-state index in [0.29, 0.717) is 5.69 Å². The fourth-order valence-electron chi connectivity index (χ4n) is 1.66. The third-order valence-electron chi connectivity index (χ3n) is 2.54. The number of nitrogens with two attached hydrogens (primary N) is 1. The van der Waals surface area contributed by atoms with E-state index in [-0.39, 0.29) is 4.90 Å². The quantitative estimate of drug-likeness (QED) is 0.587. The maximum Gasteiger partial charge on any atom is 0.294 e. The lowest BCUT2D eigenvalue weighted by molar-refractivity contribution is 0.483. The lowest BCUT2D eigenvalue weighted by atomic mass is 10.0. The van der Waals surface area contributed by atoms with Gasteiger partial charge in [0.1, 0.15) is 0 Å². The highest BCUT2D eigenvalue weighted by Crippen LogP contribution is 2.26. The van der Waals surface area contributed by atoms with Crippen molar-refractivity contribution in [2.45, 2.75) is 11.8 Å². The van der Waals surface area contributed by atoms with Crippen molar-refractivity contribution >= 4 is 26.6 Å². The highest BCUT2D eigenvalue weighted by Gasteiger charge is 2.11. The van der Waals surface area contributed by atoms with Gasteiger partial charge in [-0.15, -0.1) is 0 Å². The minimum Gasteiger partial charge on any atom is -0.398 e. The fourth-order valence-corrected chi connectivity index (χ4v) is 2.16. The van der Waals surface area contributed by atoms with Crippen molar-refractivity contribution in [2.24, 2.45) is 0 Å². The molecule has 2 aromatic rings. The molecule has 0 radical (unpaired) electrons. The molecule has 0 amide bonds. The van der Waals surface area contributed by atoms with Gasteiger partial charge in [0.15, 0.2) is 0 Å². The van der Waals surface area contributed by atoms with E-state index in [9.17, 15) is 8.42 Å². The van der Waals surface area contributed by atoms with Crippen LogP contribution in [0.4, 0.5) is 5.69 Å². The van der Waals surface area contributed by atoms with E-state index >= 15 is 0 Å². The second kappa shape index (κ2) is 3.47. The average molecular weight is 237 g/mol. The first kappa shape index (κ1) is 10.9. The van der Waals surface area contributed by atoms with Crippen molar-refractivity contribution in [3.05, 3.63) is 35.9 Å². The zero-order chi connectivity index (χ0) is 11.9. The van der Waals surface area contributed by atoms with E-state index in [1.54, 1.807) is 12.1 Å². The third kappa shape index (κ3) is 1.75. The largest absolute Gasteiger partial charge is 0.398 e. The molecule has 0 aliphatic heterocycles. The molecule has 0 fully saturated rings. The van der Waals surface area contributed by atoms with Crippen molar-refractivity contribution in [2.75, 3.05) is 5.73 Å². The number of nitrogen functional groups attached to an aromatic ring is 1. The second-order valence-electron chi connectivity index (χ2n) is 3.65. The van der Waals surface area contributed by atoms with Crippen molar-refractivity contribution in [1.82, 2.24) is 0 Å². The van der Waals surface area contributed by atoms with Gasteiger partial charge in [0.25, 0.3) is 10.1 Å². The first-order valence-corrected chi connectivity index (χ1v) is 6.10. The molecule has 16 heavy (non-hydrogen) atoms. The van der Waals surface area contributed by atoms with E-state index in [4.69, 9.17) is 10.3 Å². The van der Waals surface area contributed by atoms with Crippen LogP contribution in [0.1, 0.15) is 5.56 Å².